The second kappa shape index (κ2) is 8.32. The Morgan fingerprint density at radius 1 is 1.15 bits per heavy atom. The third kappa shape index (κ3) is 4.11. The van der Waals surface area contributed by atoms with E-state index >= 15 is 0 Å². The minimum atomic E-state index is -0.456. The van der Waals surface area contributed by atoms with Crippen LogP contribution >= 0.6 is 11.3 Å². The first-order chi connectivity index (χ1) is 16.0. The first-order valence-electron chi connectivity index (χ1n) is 9.91. The van der Waals surface area contributed by atoms with E-state index in [0.29, 0.717) is 32.4 Å². The molecule has 0 saturated carbocycles. The van der Waals surface area contributed by atoms with Crippen molar-refractivity contribution in [3.63, 3.8) is 0 Å². The highest BCUT2D eigenvalue weighted by molar-refractivity contribution is 7.15. The van der Waals surface area contributed by atoms with Crippen molar-refractivity contribution >= 4 is 28.1 Å². The summed E-state index contributed by atoms with van der Waals surface area (Å²) >= 11 is 1.21. The van der Waals surface area contributed by atoms with E-state index < -0.39 is 4.92 Å². The molecule has 10 heteroatoms. The lowest BCUT2D eigenvalue weighted by molar-refractivity contribution is -0.384. The van der Waals surface area contributed by atoms with Gasteiger partial charge in [0.2, 0.25) is 4.96 Å². The SMILES string of the molecule is Cc1ccccc1OCc1nc2s/c(=C\c3ccc(-c4ccc([N+](=O)[O-])cc4)o3)c(=O)n2n1. The molecule has 0 atom stereocenters. The number of nitrogens with zero attached hydrogens (tertiary/aromatic N) is 4. The number of hydrogen-bond donors (Lipinski definition) is 0. The van der Waals surface area contributed by atoms with Crippen molar-refractivity contribution in [3.8, 4) is 17.1 Å². The zero-order valence-electron chi connectivity index (χ0n) is 17.3. The molecule has 3 heterocycles. The fourth-order valence-corrected chi connectivity index (χ4v) is 4.17. The molecule has 0 fully saturated rings. The van der Waals surface area contributed by atoms with Crippen molar-refractivity contribution in [2.75, 3.05) is 0 Å². The highest BCUT2D eigenvalue weighted by Crippen LogP contribution is 2.25. The molecular weight excluding hydrogens is 444 g/mol. The van der Waals surface area contributed by atoms with E-state index in [9.17, 15) is 14.9 Å². The summed E-state index contributed by atoms with van der Waals surface area (Å²) in [6.07, 6.45) is 1.63. The smallest absolute Gasteiger partial charge is 0.291 e. The molecule has 9 nitrogen and oxygen atoms in total. The van der Waals surface area contributed by atoms with Crippen molar-refractivity contribution in [2.45, 2.75) is 13.5 Å². The summed E-state index contributed by atoms with van der Waals surface area (Å²) in [6.45, 7) is 2.11. The molecule has 0 radical (unpaired) electrons. The number of aryl methyl sites for hydroxylation is 1. The monoisotopic (exact) mass is 460 g/mol. The Labute approximate surface area is 190 Å². The summed E-state index contributed by atoms with van der Waals surface area (Å²) in [6, 6.07) is 17.2. The Morgan fingerprint density at radius 3 is 2.67 bits per heavy atom. The average Bonchev–Trinajstić information content (AvgIpc) is 3.51. The molecule has 0 aliphatic carbocycles. The number of rotatable bonds is 6. The molecule has 0 aliphatic rings. The summed E-state index contributed by atoms with van der Waals surface area (Å²) < 4.78 is 13.2. The molecule has 0 amide bonds. The maximum absolute atomic E-state index is 12.7. The van der Waals surface area contributed by atoms with Gasteiger partial charge in [-0.25, -0.2) is 0 Å². The van der Waals surface area contributed by atoms with Gasteiger partial charge in [0.15, 0.2) is 5.82 Å². The van der Waals surface area contributed by atoms with E-state index in [-0.39, 0.29) is 17.9 Å². The van der Waals surface area contributed by atoms with E-state index in [1.807, 2.05) is 31.2 Å². The number of para-hydroxylation sites is 1. The van der Waals surface area contributed by atoms with Gasteiger partial charge in [-0.05, 0) is 42.8 Å². The molecule has 0 aliphatic heterocycles. The van der Waals surface area contributed by atoms with Crippen LogP contribution in [0.4, 0.5) is 5.69 Å². The number of furan rings is 1. The molecule has 0 bridgehead atoms. The highest BCUT2D eigenvalue weighted by Gasteiger charge is 2.13. The van der Waals surface area contributed by atoms with E-state index in [0.717, 1.165) is 11.3 Å². The second-order valence-corrected chi connectivity index (χ2v) is 8.21. The third-order valence-corrected chi connectivity index (χ3v) is 5.90. The van der Waals surface area contributed by atoms with E-state index in [1.54, 1.807) is 30.3 Å². The predicted molar refractivity (Wildman–Crippen MR) is 122 cm³/mol. The van der Waals surface area contributed by atoms with Gasteiger partial charge in [0.05, 0.1) is 4.92 Å². The lowest BCUT2D eigenvalue weighted by Crippen LogP contribution is -2.23. The van der Waals surface area contributed by atoms with Crippen molar-refractivity contribution < 1.29 is 14.1 Å². The zero-order valence-corrected chi connectivity index (χ0v) is 18.1. The summed E-state index contributed by atoms with van der Waals surface area (Å²) in [5, 5.41) is 15.1. The molecule has 2 aromatic carbocycles. The summed E-state index contributed by atoms with van der Waals surface area (Å²) in [5.74, 6) is 2.19. The summed E-state index contributed by atoms with van der Waals surface area (Å²) in [7, 11) is 0. The quantitative estimate of drug-likeness (QED) is 0.280. The van der Waals surface area contributed by atoms with Crippen LogP contribution in [-0.4, -0.2) is 19.5 Å². The van der Waals surface area contributed by atoms with Gasteiger partial charge in [-0.2, -0.15) is 9.50 Å². The van der Waals surface area contributed by atoms with Crippen LogP contribution in [0, 0.1) is 17.0 Å². The van der Waals surface area contributed by atoms with Crippen LogP contribution in [0.15, 0.2) is 69.9 Å². The normalized spacial score (nSPS) is 11.8. The van der Waals surface area contributed by atoms with Crippen LogP contribution in [0.3, 0.4) is 0 Å². The topological polar surface area (TPSA) is 113 Å². The maximum atomic E-state index is 12.7. The van der Waals surface area contributed by atoms with E-state index in [1.165, 1.54) is 28.0 Å². The number of non-ortho nitro benzene ring substituents is 1. The molecule has 0 saturated heterocycles. The van der Waals surface area contributed by atoms with Gasteiger partial charge in [0, 0.05) is 23.8 Å². The highest BCUT2D eigenvalue weighted by atomic mass is 32.1. The molecule has 33 heavy (non-hydrogen) atoms. The lowest BCUT2D eigenvalue weighted by atomic mass is 10.1. The minimum Gasteiger partial charge on any atom is -0.485 e. The minimum absolute atomic E-state index is 0.00573. The van der Waals surface area contributed by atoms with E-state index in [2.05, 4.69) is 10.1 Å². The van der Waals surface area contributed by atoms with Crippen LogP contribution in [0.2, 0.25) is 0 Å². The van der Waals surface area contributed by atoms with Crippen LogP contribution in [0.5, 0.6) is 5.75 Å². The maximum Gasteiger partial charge on any atom is 0.291 e. The Morgan fingerprint density at radius 2 is 1.94 bits per heavy atom. The van der Waals surface area contributed by atoms with Gasteiger partial charge in [0.25, 0.3) is 11.2 Å². The molecule has 0 N–H and O–H groups in total. The first kappa shape index (κ1) is 20.6. The number of nitro groups is 1. The number of aromatic nitrogens is 3. The number of hydrogen-bond acceptors (Lipinski definition) is 8. The molecule has 3 aromatic heterocycles. The van der Waals surface area contributed by atoms with Crippen molar-refractivity contribution in [1.82, 2.24) is 14.6 Å². The van der Waals surface area contributed by atoms with Gasteiger partial charge in [-0.15, -0.1) is 5.10 Å². The fraction of sp³-hybridized carbons (Fsp3) is 0.0870. The Balaban J connectivity index is 1.37. The largest absolute Gasteiger partial charge is 0.485 e. The lowest BCUT2D eigenvalue weighted by Gasteiger charge is -2.05. The summed E-state index contributed by atoms with van der Waals surface area (Å²) in [5.41, 5.74) is 1.42. The number of ether oxygens (including phenoxy) is 1. The van der Waals surface area contributed by atoms with Crippen LogP contribution in [0.1, 0.15) is 17.1 Å². The zero-order chi connectivity index (χ0) is 22.9. The average molecular weight is 460 g/mol. The van der Waals surface area contributed by atoms with Crippen LogP contribution < -0.4 is 14.8 Å². The van der Waals surface area contributed by atoms with E-state index in [4.69, 9.17) is 9.15 Å². The molecule has 164 valence electrons. The van der Waals surface area contributed by atoms with Gasteiger partial charge >= 0.3 is 0 Å². The summed E-state index contributed by atoms with van der Waals surface area (Å²) in [4.78, 5) is 28.0. The Hall–Kier alpha value is -4.31. The Bertz CT molecular complexity index is 1580. The van der Waals surface area contributed by atoms with Crippen molar-refractivity contribution in [2.24, 2.45) is 0 Å². The number of nitro benzene ring substituents is 1. The van der Waals surface area contributed by atoms with Gasteiger partial charge < -0.3 is 9.15 Å². The Kier molecular flexibility index (Phi) is 5.19. The number of benzene rings is 2. The second-order valence-electron chi connectivity index (χ2n) is 7.20. The first-order valence-corrected chi connectivity index (χ1v) is 10.7. The predicted octanol–water partition coefficient (Wildman–Crippen LogP) is 3.75. The van der Waals surface area contributed by atoms with Gasteiger partial charge in [-0.3, -0.25) is 14.9 Å². The fourth-order valence-electron chi connectivity index (χ4n) is 3.26. The molecule has 5 rings (SSSR count). The molecule has 0 unspecified atom stereocenters. The molecule has 5 aromatic rings. The van der Waals surface area contributed by atoms with Crippen LogP contribution in [0.25, 0.3) is 22.4 Å². The van der Waals surface area contributed by atoms with Crippen molar-refractivity contribution in [1.29, 1.82) is 0 Å². The molecular formula is C23H16N4O5S. The standard InChI is InChI=1S/C23H16N4O5S/c1-14-4-2-3-5-18(14)31-13-21-24-23-26(25-21)22(28)20(33-23)12-17-10-11-19(32-17)15-6-8-16(9-7-15)27(29)30/h2-12H,13H2,1H3/b20-12-. The third-order valence-electron chi connectivity index (χ3n) is 4.94. The van der Waals surface area contributed by atoms with Gasteiger partial charge in [0.1, 0.15) is 28.4 Å². The van der Waals surface area contributed by atoms with Crippen molar-refractivity contribution in [3.05, 3.63) is 103 Å². The number of thiazole rings is 1. The van der Waals surface area contributed by atoms with Crippen LogP contribution in [-0.2, 0) is 6.61 Å². The van der Waals surface area contributed by atoms with Gasteiger partial charge in [-0.1, -0.05) is 29.5 Å². The number of fused-ring (bicyclic) bond motifs is 1. The molecule has 0 spiro atoms.